The van der Waals surface area contributed by atoms with Crippen LogP contribution in [0.3, 0.4) is 0 Å². The topological polar surface area (TPSA) is 57.8 Å². The normalized spacial score (nSPS) is 15.3. The average Bonchev–Trinajstić information content (AvgIpc) is 2.58. The molecule has 0 amide bonds. The molecule has 1 aromatic heterocycles. The lowest BCUT2D eigenvalue weighted by Gasteiger charge is -2.25. The van der Waals surface area contributed by atoms with Crippen LogP contribution < -0.4 is 10.9 Å². The zero-order chi connectivity index (χ0) is 16.2. The van der Waals surface area contributed by atoms with Crippen LogP contribution in [0.5, 0.6) is 0 Å². The minimum absolute atomic E-state index is 0.143. The molecule has 0 unspecified atom stereocenters. The Balaban J connectivity index is 2.04. The Kier molecular flexibility index (Phi) is 4.54. The van der Waals surface area contributed by atoms with E-state index in [1.54, 1.807) is 28.8 Å². The summed E-state index contributed by atoms with van der Waals surface area (Å²) in [5.41, 5.74) is 1.38. The van der Waals surface area contributed by atoms with E-state index in [4.69, 9.17) is 5.26 Å². The van der Waals surface area contributed by atoms with Gasteiger partial charge in [0.1, 0.15) is 17.4 Å². The summed E-state index contributed by atoms with van der Waals surface area (Å²) in [6.45, 7) is 2.48. The molecule has 0 saturated carbocycles. The first-order valence-corrected chi connectivity index (χ1v) is 7.79. The summed E-state index contributed by atoms with van der Waals surface area (Å²) in [5, 5.41) is 12.4. The van der Waals surface area contributed by atoms with E-state index in [-0.39, 0.29) is 16.9 Å². The number of benzene rings is 1. The van der Waals surface area contributed by atoms with E-state index in [9.17, 15) is 9.18 Å². The van der Waals surface area contributed by atoms with Crippen molar-refractivity contribution in [1.82, 2.24) is 9.88 Å². The highest BCUT2D eigenvalue weighted by atomic mass is 19.1. The van der Waals surface area contributed by atoms with Crippen LogP contribution in [0, 0.1) is 23.1 Å². The van der Waals surface area contributed by atoms with Crippen LogP contribution in [0.1, 0.15) is 18.4 Å². The number of nitrogens with one attached hydrogen (secondary N) is 1. The molecule has 1 aliphatic rings. The number of hydrogen-bond acceptors (Lipinski definition) is 3. The summed E-state index contributed by atoms with van der Waals surface area (Å²) in [6.07, 6.45) is 2.01. The van der Waals surface area contributed by atoms with Crippen LogP contribution in [0.2, 0.25) is 0 Å². The molecule has 1 aliphatic heterocycles. The maximum atomic E-state index is 13.2. The van der Waals surface area contributed by atoms with E-state index in [2.05, 4.69) is 5.32 Å². The SMILES string of the molecule is N#Cc1ccc(-c2ccc(F)cc2)n(CC2CCNCC2)c1=O. The Morgan fingerprint density at radius 2 is 1.87 bits per heavy atom. The first kappa shape index (κ1) is 15.4. The maximum Gasteiger partial charge on any atom is 0.268 e. The largest absolute Gasteiger partial charge is 0.317 e. The van der Waals surface area contributed by atoms with Crippen LogP contribution in [-0.2, 0) is 6.54 Å². The van der Waals surface area contributed by atoms with Gasteiger partial charge >= 0.3 is 0 Å². The smallest absolute Gasteiger partial charge is 0.268 e. The third-order valence-electron chi connectivity index (χ3n) is 4.33. The van der Waals surface area contributed by atoms with Gasteiger partial charge in [0.2, 0.25) is 0 Å². The first-order valence-electron chi connectivity index (χ1n) is 7.79. The summed E-state index contributed by atoms with van der Waals surface area (Å²) in [7, 11) is 0. The molecule has 0 bridgehead atoms. The van der Waals surface area contributed by atoms with Gasteiger partial charge in [0.05, 0.1) is 5.69 Å². The highest BCUT2D eigenvalue weighted by Crippen LogP contribution is 2.22. The van der Waals surface area contributed by atoms with Crippen LogP contribution in [0.4, 0.5) is 4.39 Å². The molecule has 0 aliphatic carbocycles. The van der Waals surface area contributed by atoms with Crippen molar-refractivity contribution in [3.8, 4) is 17.3 Å². The number of nitrogens with zero attached hydrogens (tertiary/aromatic N) is 2. The Morgan fingerprint density at radius 1 is 1.17 bits per heavy atom. The van der Waals surface area contributed by atoms with Gasteiger partial charge in [-0.15, -0.1) is 0 Å². The molecule has 2 aromatic rings. The Morgan fingerprint density at radius 3 is 2.52 bits per heavy atom. The minimum Gasteiger partial charge on any atom is -0.317 e. The van der Waals surface area contributed by atoms with Crippen molar-refractivity contribution < 1.29 is 4.39 Å². The molecule has 1 N–H and O–H groups in total. The number of piperidine rings is 1. The van der Waals surface area contributed by atoms with Crippen LogP contribution >= 0.6 is 0 Å². The molecule has 1 fully saturated rings. The monoisotopic (exact) mass is 311 g/mol. The van der Waals surface area contributed by atoms with E-state index in [0.717, 1.165) is 37.2 Å². The Hall–Kier alpha value is -2.45. The van der Waals surface area contributed by atoms with E-state index in [1.165, 1.54) is 12.1 Å². The van der Waals surface area contributed by atoms with Gasteiger partial charge in [-0.25, -0.2) is 4.39 Å². The zero-order valence-corrected chi connectivity index (χ0v) is 12.8. The minimum atomic E-state index is -0.311. The van der Waals surface area contributed by atoms with E-state index < -0.39 is 0 Å². The molecule has 0 spiro atoms. The fourth-order valence-electron chi connectivity index (χ4n) is 3.04. The third kappa shape index (κ3) is 3.33. The maximum absolute atomic E-state index is 13.2. The van der Waals surface area contributed by atoms with Gasteiger partial charge in [-0.05, 0) is 73.8 Å². The van der Waals surface area contributed by atoms with Crippen LogP contribution in [0.25, 0.3) is 11.3 Å². The summed E-state index contributed by atoms with van der Waals surface area (Å²) in [4.78, 5) is 12.6. The molecule has 0 atom stereocenters. The van der Waals surface area contributed by atoms with Crippen molar-refractivity contribution >= 4 is 0 Å². The second kappa shape index (κ2) is 6.76. The van der Waals surface area contributed by atoms with Gasteiger partial charge in [-0.1, -0.05) is 0 Å². The second-order valence-electron chi connectivity index (χ2n) is 5.86. The Labute approximate surface area is 134 Å². The average molecular weight is 311 g/mol. The van der Waals surface area contributed by atoms with Crippen molar-refractivity contribution in [3.63, 3.8) is 0 Å². The molecule has 1 aromatic carbocycles. The predicted molar refractivity (Wildman–Crippen MR) is 86.4 cm³/mol. The van der Waals surface area contributed by atoms with E-state index in [0.29, 0.717) is 12.5 Å². The number of halogens is 1. The predicted octanol–water partition coefficient (Wildman–Crippen LogP) is 2.53. The van der Waals surface area contributed by atoms with Crippen LogP contribution in [-0.4, -0.2) is 17.7 Å². The molecular formula is C18H18FN3O. The second-order valence-corrected chi connectivity index (χ2v) is 5.86. The lowest BCUT2D eigenvalue weighted by atomic mass is 9.97. The standard InChI is InChI=1S/C18H18FN3O/c19-16-4-1-14(2-5-16)17-6-3-15(11-20)18(23)22(17)12-13-7-9-21-10-8-13/h1-6,13,21H,7-10,12H2. The van der Waals surface area contributed by atoms with Crippen molar-refractivity contribution in [1.29, 1.82) is 5.26 Å². The van der Waals surface area contributed by atoms with Gasteiger partial charge in [0.15, 0.2) is 0 Å². The molecule has 23 heavy (non-hydrogen) atoms. The molecule has 3 rings (SSSR count). The van der Waals surface area contributed by atoms with Gasteiger partial charge in [0.25, 0.3) is 5.56 Å². The van der Waals surface area contributed by atoms with E-state index >= 15 is 0 Å². The van der Waals surface area contributed by atoms with Gasteiger partial charge < -0.3 is 9.88 Å². The lowest BCUT2D eigenvalue weighted by molar-refractivity contribution is 0.331. The fourth-order valence-corrected chi connectivity index (χ4v) is 3.04. The van der Waals surface area contributed by atoms with Gasteiger partial charge in [-0.3, -0.25) is 4.79 Å². The third-order valence-corrected chi connectivity index (χ3v) is 4.33. The highest BCUT2D eigenvalue weighted by Gasteiger charge is 2.18. The fraction of sp³-hybridized carbons (Fsp3) is 0.333. The van der Waals surface area contributed by atoms with Gasteiger partial charge in [-0.2, -0.15) is 5.26 Å². The highest BCUT2D eigenvalue weighted by molar-refractivity contribution is 5.60. The lowest BCUT2D eigenvalue weighted by Crippen LogP contribution is -2.33. The molecule has 118 valence electrons. The number of pyridine rings is 1. The number of aromatic nitrogens is 1. The quantitative estimate of drug-likeness (QED) is 0.947. The van der Waals surface area contributed by atoms with Gasteiger partial charge in [0, 0.05) is 6.54 Å². The molecule has 5 heteroatoms. The summed E-state index contributed by atoms with van der Waals surface area (Å²) in [5.74, 6) is 0.0942. The summed E-state index contributed by atoms with van der Waals surface area (Å²) in [6, 6.07) is 11.4. The van der Waals surface area contributed by atoms with E-state index in [1.807, 2.05) is 6.07 Å². The summed E-state index contributed by atoms with van der Waals surface area (Å²) >= 11 is 0. The molecule has 1 saturated heterocycles. The molecule has 0 radical (unpaired) electrons. The number of nitriles is 1. The van der Waals surface area contributed by atoms with Crippen molar-refractivity contribution in [2.24, 2.45) is 5.92 Å². The van der Waals surface area contributed by atoms with Crippen molar-refractivity contribution in [2.75, 3.05) is 13.1 Å². The van der Waals surface area contributed by atoms with Crippen LogP contribution in [0.15, 0.2) is 41.2 Å². The zero-order valence-electron chi connectivity index (χ0n) is 12.8. The molecule has 4 nitrogen and oxygen atoms in total. The number of hydrogen-bond donors (Lipinski definition) is 1. The number of rotatable bonds is 3. The molecular weight excluding hydrogens is 293 g/mol. The first-order chi connectivity index (χ1) is 11.2. The molecule has 2 heterocycles. The van der Waals surface area contributed by atoms with Crippen molar-refractivity contribution in [3.05, 3.63) is 58.1 Å². The van der Waals surface area contributed by atoms with Crippen molar-refractivity contribution in [2.45, 2.75) is 19.4 Å². The Bertz CT molecular complexity index is 783. The summed E-state index contributed by atoms with van der Waals surface area (Å²) < 4.78 is 14.8.